The second kappa shape index (κ2) is 58.5. The van der Waals surface area contributed by atoms with Crippen molar-refractivity contribution < 1.29 is 89.4 Å². The summed E-state index contributed by atoms with van der Waals surface area (Å²) in [4.78, 5) is 13.4. The molecule has 0 radical (unpaired) electrons. The summed E-state index contributed by atoms with van der Waals surface area (Å²) in [6.45, 7) is 1.58. The van der Waals surface area contributed by atoms with Gasteiger partial charge in [0.05, 0.1) is 38.6 Å². The van der Waals surface area contributed by atoms with Gasteiger partial charge >= 0.3 is 0 Å². The van der Waals surface area contributed by atoms with E-state index in [1.807, 2.05) is 18.2 Å². The fourth-order valence-corrected chi connectivity index (χ4v) is 12.6. The Hall–Kier alpha value is -3.03. The molecule has 0 aromatic carbocycles. The number of hydrogen-bond donors (Lipinski definition) is 12. The first-order valence-corrected chi connectivity index (χ1v) is 38.3. The predicted molar refractivity (Wildman–Crippen MR) is 383 cm³/mol. The first kappa shape index (κ1) is 88.2. The zero-order valence-electron chi connectivity index (χ0n) is 59.8. The van der Waals surface area contributed by atoms with Crippen LogP contribution in [0.4, 0.5) is 0 Å². The number of carbonyl (C=O) groups excluding carboxylic acids is 1. The minimum absolute atomic E-state index is 0.114. The van der Waals surface area contributed by atoms with Crippen LogP contribution in [0.3, 0.4) is 0 Å². The van der Waals surface area contributed by atoms with Crippen molar-refractivity contribution in [3.05, 3.63) is 85.1 Å². The second-order valence-corrected chi connectivity index (χ2v) is 27.1. The normalized spacial score (nSPS) is 27.4. The third kappa shape index (κ3) is 39.3. The SMILES string of the molecule is CC/C=C\C/C=C\C/C=C\C/C=C\C/C=C\C/C=C\CCC(=O)NC(COC1OC(CO)C(OC2OC(CO)C(OC3OC(CO)C(O)C(O)C3O)C(O)C2O)C(O)C1O)C(O)/C=C/CCCCCCCCCCCCCCCCCCCCCCCCCCCCCCCCC. The lowest BCUT2D eigenvalue weighted by atomic mass is 9.96. The topological polar surface area (TPSA) is 307 Å². The summed E-state index contributed by atoms with van der Waals surface area (Å²) in [5.41, 5.74) is 0. The number of aliphatic hydroxyl groups is 11. The molecule has 0 aromatic heterocycles. The minimum atomic E-state index is -1.99. The molecule has 1 amide bonds. The van der Waals surface area contributed by atoms with Crippen molar-refractivity contribution in [1.82, 2.24) is 5.32 Å². The molecule has 562 valence electrons. The van der Waals surface area contributed by atoms with Gasteiger partial charge in [-0.15, -0.1) is 0 Å². The molecule has 17 atom stereocenters. The molecule has 0 aromatic rings. The number of allylic oxidation sites excluding steroid dienone is 13. The highest BCUT2D eigenvalue weighted by Crippen LogP contribution is 2.33. The van der Waals surface area contributed by atoms with Crippen molar-refractivity contribution >= 4 is 5.91 Å². The number of unbranched alkanes of at least 4 members (excludes halogenated alkanes) is 31. The fourth-order valence-electron chi connectivity index (χ4n) is 12.6. The van der Waals surface area contributed by atoms with Crippen LogP contribution in [0.2, 0.25) is 0 Å². The molecule has 3 aliphatic rings. The summed E-state index contributed by atoms with van der Waals surface area (Å²) in [6, 6.07) is -1.02. The van der Waals surface area contributed by atoms with Gasteiger partial charge in [0.2, 0.25) is 5.91 Å². The largest absolute Gasteiger partial charge is 0.394 e. The number of amides is 1. The average molecular weight is 1380 g/mol. The lowest BCUT2D eigenvalue weighted by Crippen LogP contribution is -2.66. The van der Waals surface area contributed by atoms with Crippen LogP contribution in [-0.2, 0) is 33.2 Å². The van der Waals surface area contributed by atoms with Gasteiger partial charge in [-0.05, 0) is 57.8 Å². The van der Waals surface area contributed by atoms with E-state index in [-0.39, 0.29) is 18.9 Å². The Morgan fingerprint density at radius 2 is 0.711 bits per heavy atom. The summed E-state index contributed by atoms with van der Waals surface area (Å²) in [5.74, 6) is -0.358. The van der Waals surface area contributed by atoms with Crippen LogP contribution >= 0.6 is 0 Å². The van der Waals surface area contributed by atoms with E-state index in [0.717, 1.165) is 57.8 Å². The van der Waals surface area contributed by atoms with E-state index in [2.05, 4.69) is 79.9 Å². The summed E-state index contributed by atoms with van der Waals surface area (Å²) < 4.78 is 34.3. The molecule has 3 aliphatic heterocycles. The Kier molecular flexibility index (Phi) is 53.2. The zero-order valence-corrected chi connectivity index (χ0v) is 59.8. The van der Waals surface area contributed by atoms with E-state index in [1.54, 1.807) is 6.08 Å². The lowest BCUT2D eigenvalue weighted by molar-refractivity contribution is -0.379. The maximum atomic E-state index is 13.4. The highest BCUT2D eigenvalue weighted by molar-refractivity contribution is 5.76. The predicted octanol–water partition coefficient (Wildman–Crippen LogP) is 11.8. The van der Waals surface area contributed by atoms with Crippen LogP contribution in [0.5, 0.6) is 0 Å². The lowest BCUT2D eigenvalue weighted by Gasteiger charge is -2.48. The molecule has 19 nitrogen and oxygen atoms in total. The molecule has 0 aliphatic carbocycles. The molecular weight excluding hydrogens is 1240 g/mol. The van der Waals surface area contributed by atoms with Gasteiger partial charge < -0.3 is 89.9 Å². The fraction of sp³-hybridized carbons (Fsp3) is 0.808. The van der Waals surface area contributed by atoms with Crippen LogP contribution in [0.15, 0.2) is 85.1 Å². The third-order valence-electron chi connectivity index (χ3n) is 18.7. The number of nitrogens with one attached hydrogen (secondary N) is 1. The van der Waals surface area contributed by atoms with Gasteiger partial charge in [0.15, 0.2) is 18.9 Å². The summed E-state index contributed by atoms with van der Waals surface area (Å²) >= 11 is 0. The number of aliphatic hydroxyl groups excluding tert-OH is 11. The van der Waals surface area contributed by atoms with Crippen LogP contribution in [-0.4, -0.2) is 193 Å². The average Bonchev–Trinajstić information content (AvgIpc) is 0.795. The van der Waals surface area contributed by atoms with Crippen LogP contribution in [0.25, 0.3) is 0 Å². The minimum Gasteiger partial charge on any atom is -0.394 e. The number of carbonyl (C=O) groups is 1. The maximum Gasteiger partial charge on any atom is 0.220 e. The molecule has 12 N–H and O–H groups in total. The Morgan fingerprint density at radius 1 is 0.381 bits per heavy atom. The number of ether oxygens (including phenoxy) is 6. The molecule has 0 bridgehead atoms. The molecule has 3 saturated heterocycles. The highest BCUT2D eigenvalue weighted by Gasteiger charge is 2.53. The first-order valence-electron chi connectivity index (χ1n) is 38.3. The van der Waals surface area contributed by atoms with Gasteiger partial charge in [0.25, 0.3) is 0 Å². The van der Waals surface area contributed by atoms with E-state index in [0.29, 0.717) is 12.8 Å². The molecule has 0 spiro atoms. The zero-order chi connectivity index (χ0) is 70.4. The van der Waals surface area contributed by atoms with E-state index in [1.165, 1.54) is 180 Å². The molecule has 97 heavy (non-hydrogen) atoms. The second-order valence-electron chi connectivity index (χ2n) is 27.1. The van der Waals surface area contributed by atoms with E-state index in [9.17, 15) is 61.0 Å². The molecule has 19 heteroatoms. The van der Waals surface area contributed by atoms with Crippen LogP contribution in [0.1, 0.15) is 271 Å². The Bertz CT molecular complexity index is 2080. The van der Waals surface area contributed by atoms with E-state index in [4.69, 9.17) is 28.4 Å². The third-order valence-corrected chi connectivity index (χ3v) is 18.7. The summed E-state index contributed by atoms with van der Waals surface area (Å²) in [5, 5.41) is 121. The monoisotopic (exact) mass is 1380 g/mol. The quantitative estimate of drug-likeness (QED) is 0.0199. The molecule has 17 unspecified atom stereocenters. The van der Waals surface area contributed by atoms with Crippen molar-refractivity contribution in [3.8, 4) is 0 Å². The van der Waals surface area contributed by atoms with Crippen LogP contribution < -0.4 is 5.32 Å². The highest BCUT2D eigenvalue weighted by atomic mass is 16.8. The van der Waals surface area contributed by atoms with Gasteiger partial charge in [-0.3, -0.25) is 4.79 Å². The molecule has 3 heterocycles. The van der Waals surface area contributed by atoms with Gasteiger partial charge in [0, 0.05) is 6.42 Å². The van der Waals surface area contributed by atoms with Crippen molar-refractivity contribution in [2.75, 3.05) is 26.4 Å². The Labute approximate surface area is 584 Å². The molecule has 0 saturated carbocycles. The van der Waals surface area contributed by atoms with Gasteiger partial charge in [-0.25, -0.2) is 0 Å². The van der Waals surface area contributed by atoms with E-state index < -0.39 is 124 Å². The number of hydrogen-bond acceptors (Lipinski definition) is 18. The van der Waals surface area contributed by atoms with Gasteiger partial charge in [-0.1, -0.05) is 292 Å². The van der Waals surface area contributed by atoms with Crippen molar-refractivity contribution in [2.45, 2.75) is 375 Å². The smallest absolute Gasteiger partial charge is 0.220 e. The van der Waals surface area contributed by atoms with Crippen molar-refractivity contribution in [1.29, 1.82) is 0 Å². The number of rotatable bonds is 59. The molecule has 3 rings (SSSR count). The Balaban J connectivity index is 1.39. The first-order chi connectivity index (χ1) is 47.3. The van der Waals surface area contributed by atoms with Gasteiger partial charge in [-0.2, -0.15) is 0 Å². The molecular formula is C78H137NO18. The van der Waals surface area contributed by atoms with Crippen molar-refractivity contribution in [3.63, 3.8) is 0 Å². The van der Waals surface area contributed by atoms with Crippen LogP contribution in [0, 0.1) is 0 Å². The molecule has 3 fully saturated rings. The standard InChI is InChI=1S/C78H137NO18/c1-3-5-7-9-11-13-15-17-19-21-23-24-25-26-27-28-29-30-31-32-33-34-35-36-38-39-41-43-45-47-49-51-53-55-62(83)61(79-66(84)56-54-52-50-48-46-44-42-40-37-22-20-18-16-14-12-10-8-6-4-2)60-92-76-72(90)69(87)74(64(58-81)94-76)97-78-73(91)70(88)75(65(59-82)95-78)96-77-71(89)68(86)67(85)63(57-80)93-77/h6,8,12,14,18,20,37,40,44,46,50,52-53,55,61-65,67-78,80-83,85-91H,3-5,7,9-11,13,15-17,19,21-36,38-39,41-43,45,47-49,51,54,56-60H2,1-2H3,(H,79,84)/b8-6-,14-12-,20-18-,40-37-,46-44-,52-50-,55-53+. The Morgan fingerprint density at radius 3 is 1.09 bits per heavy atom. The van der Waals surface area contributed by atoms with Crippen molar-refractivity contribution in [2.24, 2.45) is 0 Å². The maximum absolute atomic E-state index is 13.4. The summed E-state index contributed by atoms with van der Waals surface area (Å²) in [7, 11) is 0. The van der Waals surface area contributed by atoms with Gasteiger partial charge in [0.1, 0.15) is 73.2 Å². The summed E-state index contributed by atoms with van der Waals surface area (Å²) in [6.07, 6.45) is 50.3. The van der Waals surface area contributed by atoms with E-state index >= 15 is 0 Å².